The molecule has 32 heavy (non-hydrogen) atoms. The number of thioether (sulfide) groups is 1. The lowest BCUT2D eigenvalue weighted by molar-refractivity contribution is -0.152. The van der Waals surface area contributed by atoms with Crippen molar-refractivity contribution in [1.29, 1.82) is 0 Å². The van der Waals surface area contributed by atoms with Crippen LogP contribution in [-0.4, -0.2) is 56.7 Å². The van der Waals surface area contributed by atoms with Crippen molar-refractivity contribution < 1.29 is 19.1 Å². The molecule has 9 heteroatoms. The molecule has 0 spiro atoms. The molecule has 0 saturated carbocycles. The predicted octanol–water partition coefficient (Wildman–Crippen LogP) is 4.83. The van der Waals surface area contributed by atoms with E-state index in [1.807, 2.05) is 43.4 Å². The van der Waals surface area contributed by atoms with Gasteiger partial charge in [0.05, 0.1) is 18.0 Å². The van der Waals surface area contributed by atoms with Crippen LogP contribution in [0.1, 0.15) is 24.7 Å². The number of halogens is 2. The zero-order valence-electron chi connectivity index (χ0n) is 18.5. The third kappa shape index (κ3) is 6.10. The first-order chi connectivity index (χ1) is 14.8. The maximum atomic E-state index is 13.7. The Kier molecular flexibility index (Phi) is 9.70. The molecule has 174 valence electrons. The van der Waals surface area contributed by atoms with E-state index in [2.05, 4.69) is 11.8 Å². The highest BCUT2D eigenvalue weighted by Gasteiger charge is 2.40. The fraction of sp³-hybridized carbons (Fsp3) is 0.391. The standard InChI is InChI=1S/C23H27ClN2O4S.ClH/c1-5-25(3)12-13-26-19-11-8-17(24)14-20(19)31-22(21(23(26)28)30-15(2)27)16-6-9-18(29-4)10-7-16;/h6-11,14,21-22H,5,12-13H2,1-4H3;1H/t21-,22+;/m0./s1. The summed E-state index contributed by atoms with van der Waals surface area (Å²) in [6.45, 7) is 5.43. The molecule has 0 radical (unpaired) electrons. The van der Waals surface area contributed by atoms with Crippen LogP contribution in [0.3, 0.4) is 0 Å². The molecule has 0 N–H and O–H groups in total. The average molecular weight is 499 g/mol. The highest BCUT2D eigenvalue weighted by molar-refractivity contribution is 7.99. The van der Waals surface area contributed by atoms with Crippen LogP contribution in [0.25, 0.3) is 0 Å². The lowest BCUT2D eigenvalue weighted by Gasteiger charge is -2.29. The number of nitrogens with zero attached hydrogens (tertiary/aromatic N) is 2. The lowest BCUT2D eigenvalue weighted by atomic mass is 10.1. The Labute approximate surface area is 204 Å². The lowest BCUT2D eigenvalue weighted by Crippen LogP contribution is -2.45. The number of benzene rings is 2. The Morgan fingerprint density at radius 1 is 1.22 bits per heavy atom. The molecule has 1 aliphatic rings. The van der Waals surface area contributed by atoms with Crippen LogP contribution in [0.4, 0.5) is 5.69 Å². The van der Waals surface area contributed by atoms with Gasteiger partial charge in [0.1, 0.15) is 5.75 Å². The second-order valence-corrected chi connectivity index (χ2v) is 8.96. The van der Waals surface area contributed by atoms with E-state index in [-0.39, 0.29) is 18.3 Å². The molecule has 2 aromatic rings. The SMILES string of the molecule is CCN(C)CCN1C(=O)[C@@H](OC(C)=O)[C@@H](c2ccc(OC)cc2)Sc2cc(Cl)ccc21.Cl. The van der Waals surface area contributed by atoms with Gasteiger partial charge in [-0.2, -0.15) is 0 Å². The van der Waals surface area contributed by atoms with Crippen molar-refractivity contribution in [3.05, 3.63) is 53.1 Å². The molecule has 2 atom stereocenters. The summed E-state index contributed by atoms with van der Waals surface area (Å²) in [5, 5.41) is 0.164. The van der Waals surface area contributed by atoms with Gasteiger partial charge < -0.3 is 19.3 Å². The van der Waals surface area contributed by atoms with Gasteiger partial charge in [-0.3, -0.25) is 9.59 Å². The van der Waals surface area contributed by atoms with Gasteiger partial charge in [-0.15, -0.1) is 24.2 Å². The first-order valence-corrected chi connectivity index (χ1v) is 11.4. The maximum Gasteiger partial charge on any atom is 0.303 e. The van der Waals surface area contributed by atoms with Crippen molar-refractivity contribution in [1.82, 2.24) is 4.90 Å². The smallest absolute Gasteiger partial charge is 0.303 e. The van der Waals surface area contributed by atoms with Crippen molar-refractivity contribution >= 4 is 53.3 Å². The highest BCUT2D eigenvalue weighted by Crippen LogP contribution is 2.47. The molecule has 0 aromatic heterocycles. The number of hydrogen-bond donors (Lipinski definition) is 0. The number of esters is 1. The van der Waals surface area contributed by atoms with E-state index >= 15 is 0 Å². The first-order valence-electron chi connectivity index (χ1n) is 10.1. The van der Waals surface area contributed by atoms with Gasteiger partial charge in [0.15, 0.2) is 6.10 Å². The van der Waals surface area contributed by atoms with Gasteiger partial charge in [-0.1, -0.05) is 30.7 Å². The number of methoxy groups -OCH3 is 1. The number of rotatable bonds is 7. The van der Waals surface area contributed by atoms with E-state index in [0.29, 0.717) is 23.9 Å². The zero-order chi connectivity index (χ0) is 22.5. The van der Waals surface area contributed by atoms with E-state index < -0.39 is 17.3 Å². The van der Waals surface area contributed by atoms with Crippen molar-refractivity contribution in [2.45, 2.75) is 30.1 Å². The Bertz CT molecular complexity index is 942. The number of carbonyl (C=O) groups is 2. The fourth-order valence-corrected chi connectivity index (χ4v) is 4.99. The van der Waals surface area contributed by atoms with Gasteiger partial charge in [0.2, 0.25) is 0 Å². The fourth-order valence-electron chi connectivity index (χ4n) is 3.39. The van der Waals surface area contributed by atoms with Gasteiger partial charge in [0.25, 0.3) is 5.91 Å². The number of carbonyl (C=O) groups excluding carboxylic acids is 2. The third-order valence-electron chi connectivity index (χ3n) is 5.23. The van der Waals surface area contributed by atoms with Crippen LogP contribution in [-0.2, 0) is 14.3 Å². The molecule has 1 aliphatic heterocycles. The average Bonchev–Trinajstić information content (AvgIpc) is 2.86. The summed E-state index contributed by atoms with van der Waals surface area (Å²) in [5.74, 6) is -0.0217. The summed E-state index contributed by atoms with van der Waals surface area (Å²) < 4.78 is 10.9. The van der Waals surface area contributed by atoms with Crippen molar-refractivity contribution in [2.75, 3.05) is 38.7 Å². The van der Waals surface area contributed by atoms with Gasteiger partial charge >= 0.3 is 5.97 Å². The largest absolute Gasteiger partial charge is 0.497 e. The molecular formula is C23H28Cl2N2O4S. The summed E-state index contributed by atoms with van der Waals surface area (Å²) in [7, 11) is 3.60. The molecule has 6 nitrogen and oxygen atoms in total. The van der Waals surface area contributed by atoms with Crippen LogP contribution < -0.4 is 9.64 Å². The van der Waals surface area contributed by atoms with E-state index in [0.717, 1.165) is 22.7 Å². The molecule has 0 unspecified atom stereocenters. The molecule has 0 bridgehead atoms. The second-order valence-electron chi connectivity index (χ2n) is 7.34. The minimum Gasteiger partial charge on any atom is -0.497 e. The molecule has 0 fully saturated rings. The van der Waals surface area contributed by atoms with Crippen LogP contribution in [0, 0.1) is 0 Å². The summed E-state index contributed by atoms with van der Waals surface area (Å²) in [6.07, 6.45) is -0.964. The number of likely N-dealkylation sites (N-methyl/N-ethyl adjacent to an activating group) is 1. The van der Waals surface area contributed by atoms with Gasteiger partial charge in [-0.25, -0.2) is 0 Å². The molecule has 2 aromatic carbocycles. The Morgan fingerprint density at radius 3 is 2.50 bits per heavy atom. The number of amides is 1. The van der Waals surface area contributed by atoms with Crippen LogP contribution >= 0.6 is 35.8 Å². The van der Waals surface area contributed by atoms with E-state index in [1.54, 1.807) is 18.1 Å². The van der Waals surface area contributed by atoms with E-state index in [1.165, 1.54) is 18.7 Å². The topological polar surface area (TPSA) is 59.1 Å². The zero-order valence-corrected chi connectivity index (χ0v) is 20.9. The minimum atomic E-state index is -0.964. The third-order valence-corrected chi connectivity index (χ3v) is 6.82. The van der Waals surface area contributed by atoms with Gasteiger partial charge in [0, 0.05) is 29.9 Å². The number of anilines is 1. The summed E-state index contributed by atoms with van der Waals surface area (Å²) in [4.78, 5) is 30.3. The van der Waals surface area contributed by atoms with Crippen molar-refractivity contribution in [3.63, 3.8) is 0 Å². The van der Waals surface area contributed by atoms with Crippen molar-refractivity contribution in [2.24, 2.45) is 0 Å². The number of ether oxygens (including phenoxy) is 2. The van der Waals surface area contributed by atoms with Crippen molar-refractivity contribution in [3.8, 4) is 5.75 Å². The molecule has 1 amide bonds. The highest BCUT2D eigenvalue weighted by atomic mass is 35.5. The number of fused-ring (bicyclic) bond motifs is 1. The van der Waals surface area contributed by atoms with E-state index in [4.69, 9.17) is 21.1 Å². The quantitative estimate of drug-likeness (QED) is 0.509. The number of hydrogen-bond acceptors (Lipinski definition) is 6. The summed E-state index contributed by atoms with van der Waals surface area (Å²) in [6, 6.07) is 13.0. The molecule has 0 saturated heterocycles. The van der Waals surface area contributed by atoms with Crippen LogP contribution in [0.15, 0.2) is 47.4 Å². The summed E-state index contributed by atoms with van der Waals surface area (Å²) in [5.41, 5.74) is 1.64. The molecule has 0 aliphatic carbocycles. The maximum absolute atomic E-state index is 13.7. The van der Waals surface area contributed by atoms with Gasteiger partial charge in [-0.05, 0) is 49.5 Å². The minimum absolute atomic E-state index is 0. The Hall–Kier alpha value is -1.93. The normalized spacial score (nSPS) is 17.9. The molecular weight excluding hydrogens is 471 g/mol. The van der Waals surface area contributed by atoms with E-state index in [9.17, 15) is 9.59 Å². The first kappa shape index (κ1) is 26.3. The summed E-state index contributed by atoms with van der Waals surface area (Å²) >= 11 is 7.77. The monoisotopic (exact) mass is 498 g/mol. The molecule has 1 heterocycles. The Balaban J connectivity index is 0.00000363. The molecule has 3 rings (SSSR count). The van der Waals surface area contributed by atoms with Crippen LogP contribution in [0.2, 0.25) is 5.02 Å². The second kappa shape index (κ2) is 11.8. The van der Waals surface area contributed by atoms with Crippen LogP contribution in [0.5, 0.6) is 5.75 Å². The predicted molar refractivity (Wildman–Crippen MR) is 131 cm³/mol. The Morgan fingerprint density at radius 2 is 1.91 bits per heavy atom.